The number of hydrogen-bond donors (Lipinski definition) is 1. The van der Waals surface area contributed by atoms with E-state index in [-0.39, 0.29) is 23.6 Å². The van der Waals surface area contributed by atoms with Crippen LogP contribution in [-0.2, 0) is 9.84 Å². The molecule has 1 N–H and O–H groups in total. The molecule has 5 heteroatoms. The van der Waals surface area contributed by atoms with Crippen LogP contribution in [0.3, 0.4) is 0 Å². The van der Waals surface area contributed by atoms with Crippen molar-refractivity contribution >= 4 is 9.84 Å². The molecule has 1 aliphatic heterocycles. The van der Waals surface area contributed by atoms with Crippen LogP contribution >= 0.6 is 0 Å². The second-order valence-electron chi connectivity index (χ2n) is 3.36. The summed E-state index contributed by atoms with van der Waals surface area (Å²) < 4.78 is 22.2. The Morgan fingerprint density at radius 2 is 2.38 bits per heavy atom. The van der Waals surface area contributed by atoms with E-state index in [0.29, 0.717) is 12.8 Å². The Labute approximate surface area is 78.9 Å². The number of rotatable bonds is 3. The predicted octanol–water partition coefficient (Wildman–Crippen LogP) is 0.0653. The van der Waals surface area contributed by atoms with Crippen LogP contribution in [0.2, 0.25) is 0 Å². The first-order valence-electron chi connectivity index (χ1n) is 4.43. The lowest BCUT2D eigenvalue weighted by Gasteiger charge is -2.13. The summed E-state index contributed by atoms with van der Waals surface area (Å²) >= 11 is 0. The molecular weight excluding hydrogens is 188 g/mol. The van der Waals surface area contributed by atoms with Gasteiger partial charge in [-0.15, -0.1) is 0 Å². The van der Waals surface area contributed by atoms with Crippen molar-refractivity contribution in [3.63, 3.8) is 0 Å². The van der Waals surface area contributed by atoms with Gasteiger partial charge in [0.15, 0.2) is 9.84 Å². The topological polar surface area (TPSA) is 70.0 Å². The van der Waals surface area contributed by atoms with E-state index in [1.54, 1.807) is 0 Å². The molecule has 4 nitrogen and oxygen atoms in total. The lowest BCUT2D eigenvalue weighted by Crippen LogP contribution is -2.37. The molecular formula is C8H14N2O2S. The molecule has 74 valence electrons. The van der Waals surface area contributed by atoms with Crippen molar-refractivity contribution in [2.75, 3.05) is 11.5 Å². The zero-order chi connectivity index (χ0) is 9.90. The summed E-state index contributed by atoms with van der Waals surface area (Å²) in [6.07, 6.45) is 1.35. The highest BCUT2D eigenvalue weighted by Crippen LogP contribution is 2.12. The third-order valence-corrected chi connectivity index (χ3v) is 4.00. The highest BCUT2D eigenvalue weighted by Gasteiger charge is 2.28. The van der Waals surface area contributed by atoms with E-state index in [0.717, 1.165) is 0 Å². The minimum atomic E-state index is -2.83. The molecule has 1 heterocycles. The van der Waals surface area contributed by atoms with Crippen LogP contribution in [0.5, 0.6) is 0 Å². The second kappa shape index (κ2) is 4.07. The van der Waals surface area contributed by atoms with Crippen LogP contribution in [0.25, 0.3) is 0 Å². The molecule has 2 unspecified atom stereocenters. The van der Waals surface area contributed by atoms with Gasteiger partial charge in [-0.3, -0.25) is 5.32 Å². The van der Waals surface area contributed by atoms with Gasteiger partial charge in [-0.05, 0) is 12.8 Å². The SMILES string of the molecule is CCC(C#N)NC1CCS(=O)(=O)C1. The minimum Gasteiger partial charge on any atom is -0.298 e. The Kier molecular flexibility index (Phi) is 3.28. The zero-order valence-electron chi connectivity index (χ0n) is 7.66. The Morgan fingerprint density at radius 1 is 1.69 bits per heavy atom. The normalized spacial score (nSPS) is 28.2. The molecule has 0 saturated carbocycles. The van der Waals surface area contributed by atoms with Gasteiger partial charge in [0.1, 0.15) is 0 Å². The number of nitrogens with zero attached hydrogens (tertiary/aromatic N) is 1. The second-order valence-corrected chi connectivity index (χ2v) is 5.59. The monoisotopic (exact) mass is 202 g/mol. The molecule has 2 atom stereocenters. The van der Waals surface area contributed by atoms with Gasteiger partial charge in [0.05, 0.1) is 23.6 Å². The molecule has 0 aromatic heterocycles. The summed E-state index contributed by atoms with van der Waals surface area (Å²) in [6, 6.07) is 1.87. The molecule has 1 aliphatic rings. The number of hydrogen-bond acceptors (Lipinski definition) is 4. The summed E-state index contributed by atoms with van der Waals surface area (Å²) in [4.78, 5) is 0. The number of nitrogens with one attached hydrogen (secondary N) is 1. The number of nitriles is 1. The fourth-order valence-electron chi connectivity index (χ4n) is 1.46. The largest absolute Gasteiger partial charge is 0.298 e. The van der Waals surface area contributed by atoms with Crippen molar-refractivity contribution in [2.24, 2.45) is 0 Å². The highest BCUT2D eigenvalue weighted by molar-refractivity contribution is 7.91. The van der Waals surface area contributed by atoms with E-state index in [1.165, 1.54) is 0 Å². The van der Waals surface area contributed by atoms with Crippen molar-refractivity contribution in [1.29, 1.82) is 5.26 Å². The third kappa shape index (κ3) is 2.98. The average molecular weight is 202 g/mol. The van der Waals surface area contributed by atoms with Crippen molar-refractivity contribution in [1.82, 2.24) is 5.32 Å². The first-order valence-corrected chi connectivity index (χ1v) is 6.25. The molecule has 0 aromatic rings. The van der Waals surface area contributed by atoms with E-state index in [2.05, 4.69) is 11.4 Å². The Balaban J connectivity index is 2.45. The molecule has 0 radical (unpaired) electrons. The van der Waals surface area contributed by atoms with E-state index in [4.69, 9.17) is 5.26 Å². The van der Waals surface area contributed by atoms with Gasteiger partial charge >= 0.3 is 0 Å². The molecule has 0 amide bonds. The van der Waals surface area contributed by atoms with Crippen molar-refractivity contribution in [3.8, 4) is 6.07 Å². The van der Waals surface area contributed by atoms with Gasteiger partial charge in [-0.1, -0.05) is 6.92 Å². The van der Waals surface area contributed by atoms with E-state index in [1.807, 2.05) is 6.92 Å². The summed E-state index contributed by atoms with van der Waals surface area (Å²) in [5.74, 6) is 0.442. The molecule has 1 fully saturated rings. The van der Waals surface area contributed by atoms with E-state index >= 15 is 0 Å². The van der Waals surface area contributed by atoms with Crippen LogP contribution < -0.4 is 5.32 Å². The molecule has 0 spiro atoms. The van der Waals surface area contributed by atoms with Gasteiger partial charge in [0, 0.05) is 6.04 Å². The van der Waals surface area contributed by atoms with Gasteiger partial charge in [-0.25, -0.2) is 8.42 Å². The Morgan fingerprint density at radius 3 is 2.77 bits per heavy atom. The fourth-order valence-corrected chi connectivity index (χ4v) is 3.14. The van der Waals surface area contributed by atoms with Gasteiger partial charge in [-0.2, -0.15) is 5.26 Å². The van der Waals surface area contributed by atoms with E-state index in [9.17, 15) is 8.42 Å². The van der Waals surface area contributed by atoms with Crippen LogP contribution in [0.4, 0.5) is 0 Å². The maximum absolute atomic E-state index is 11.1. The first-order chi connectivity index (χ1) is 6.07. The van der Waals surface area contributed by atoms with E-state index < -0.39 is 9.84 Å². The molecule has 0 aliphatic carbocycles. The lowest BCUT2D eigenvalue weighted by atomic mass is 10.2. The average Bonchev–Trinajstić information content (AvgIpc) is 2.41. The van der Waals surface area contributed by atoms with Crippen LogP contribution in [-0.4, -0.2) is 32.0 Å². The molecule has 0 bridgehead atoms. The summed E-state index contributed by atoms with van der Waals surface area (Å²) in [6.45, 7) is 1.91. The van der Waals surface area contributed by atoms with Crippen LogP contribution in [0.1, 0.15) is 19.8 Å². The first kappa shape index (κ1) is 10.5. The van der Waals surface area contributed by atoms with Crippen molar-refractivity contribution in [3.05, 3.63) is 0 Å². The van der Waals surface area contributed by atoms with Gasteiger partial charge in [0.2, 0.25) is 0 Å². The van der Waals surface area contributed by atoms with Gasteiger partial charge in [0.25, 0.3) is 0 Å². The lowest BCUT2D eigenvalue weighted by molar-refractivity contribution is 0.498. The summed E-state index contributed by atoms with van der Waals surface area (Å²) in [5, 5.41) is 11.7. The van der Waals surface area contributed by atoms with Gasteiger partial charge < -0.3 is 0 Å². The number of sulfone groups is 1. The van der Waals surface area contributed by atoms with Crippen LogP contribution in [0.15, 0.2) is 0 Å². The summed E-state index contributed by atoms with van der Waals surface area (Å²) in [7, 11) is -2.83. The molecule has 1 saturated heterocycles. The van der Waals surface area contributed by atoms with Crippen LogP contribution in [0, 0.1) is 11.3 Å². The highest BCUT2D eigenvalue weighted by atomic mass is 32.2. The maximum Gasteiger partial charge on any atom is 0.151 e. The Bertz CT molecular complexity index is 305. The smallest absolute Gasteiger partial charge is 0.151 e. The predicted molar refractivity (Wildman–Crippen MR) is 49.9 cm³/mol. The third-order valence-electron chi connectivity index (χ3n) is 2.23. The molecule has 0 aromatic carbocycles. The standard InChI is InChI=1S/C8H14N2O2S/c1-2-7(5-9)10-8-3-4-13(11,12)6-8/h7-8,10H,2-4,6H2,1H3. The molecule has 1 rings (SSSR count). The van der Waals surface area contributed by atoms with Crippen molar-refractivity contribution in [2.45, 2.75) is 31.8 Å². The Hall–Kier alpha value is -0.600. The fraction of sp³-hybridized carbons (Fsp3) is 0.875. The molecule has 13 heavy (non-hydrogen) atoms. The maximum atomic E-state index is 11.1. The quantitative estimate of drug-likeness (QED) is 0.703. The summed E-state index contributed by atoms with van der Waals surface area (Å²) in [5.41, 5.74) is 0. The van der Waals surface area contributed by atoms with Crippen molar-refractivity contribution < 1.29 is 8.42 Å². The minimum absolute atomic E-state index is 0.0189. The zero-order valence-corrected chi connectivity index (χ0v) is 8.47.